The molecule has 3 nitrogen and oxygen atoms in total. The van der Waals surface area contributed by atoms with Crippen LogP contribution in [0.25, 0.3) is 0 Å². The molecule has 4 aliphatic carbocycles. The Morgan fingerprint density at radius 3 is 2.38 bits per heavy atom. The van der Waals surface area contributed by atoms with E-state index in [0.29, 0.717) is 53.3 Å². The number of nitrogens with zero attached hydrogens (tertiary/aromatic N) is 1. The highest BCUT2D eigenvalue weighted by molar-refractivity contribution is 5.13. The first kappa shape index (κ1) is 21.6. The average molecular weight is 402 g/mol. The second-order valence-electron chi connectivity index (χ2n) is 11.8. The van der Waals surface area contributed by atoms with Crippen molar-refractivity contribution in [3.8, 4) is 6.07 Å². The lowest BCUT2D eigenvalue weighted by Gasteiger charge is -2.64. The van der Waals surface area contributed by atoms with Crippen molar-refractivity contribution >= 4 is 0 Å². The van der Waals surface area contributed by atoms with E-state index in [4.69, 9.17) is 5.26 Å². The van der Waals surface area contributed by atoms with E-state index in [1.54, 1.807) is 0 Å². The molecule has 0 amide bonds. The van der Waals surface area contributed by atoms with Crippen molar-refractivity contribution in [2.75, 3.05) is 0 Å². The van der Waals surface area contributed by atoms with E-state index < -0.39 is 0 Å². The zero-order valence-corrected chi connectivity index (χ0v) is 19.1. The highest BCUT2D eigenvalue weighted by Gasteiger charge is 2.64. The minimum absolute atomic E-state index is 0.170. The number of rotatable bonds is 4. The molecule has 4 aliphatic rings. The van der Waals surface area contributed by atoms with Crippen LogP contribution in [0.15, 0.2) is 0 Å². The molecule has 0 aromatic rings. The van der Waals surface area contributed by atoms with Crippen LogP contribution < -0.4 is 0 Å². The van der Waals surface area contributed by atoms with Crippen LogP contribution in [-0.4, -0.2) is 22.4 Å². The first-order valence-electron chi connectivity index (χ1n) is 12.5. The molecule has 0 aromatic heterocycles. The Balaban J connectivity index is 1.64. The second kappa shape index (κ2) is 7.83. The summed E-state index contributed by atoms with van der Waals surface area (Å²) in [6.07, 6.45) is 10.4. The van der Waals surface area contributed by atoms with Crippen molar-refractivity contribution in [3.05, 3.63) is 0 Å². The minimum atomic E-state index is -0.203. The van der Waals surface area contributed by atoms with Gasteiger partial charge in [0.1, 0.15) is 0 Å². The van der Waals surface area contributed by atoms with Crippen molar-refractivity contribution in [1.29, 1.82) is 5.26 Å². The molecule has 5 unspecified atom stereocenters. The lowest BCUT2D eigenvalue weighted by molar-refractivity contribution is -0.203. The Kier molecular flexibility index (Phi) is 5.84. The number of aliphatic hydroxyl groups excluding tert-OH is 2. The monoisotopic (exact) mass is 401 g/mol. The van der Waals surface area contributed by atoms with E-state index in [1.165, 1.54) is 25.7 Å². The van der Waals surface area contributed by atoms with Gasteiger partial charge in [0.05, 0.1) is 18.3 Å². The summed E-state index contributed by atoms with van der Waals surface area (Å²) in [4.78, 5) is 0. The summed E-state index contributed by atoms with van der Waals surface area (Å²) >= 11 is 0. The predicted molar refractivity (Wildman–Crippen MR) is 116 cm³/mol. The molecule has 2 N–H and O–H groups in total. The van der Waals surface area contributed by atoms with Crippen molar-refractivity contribution in [1.82, 2.24) is 0 Å². The minimum Gasteiger partial charge on any atom is -0.393 e. The van der Waals surface area contributed by atoms with Gasteiger partial charge in [-0.1, -0.05) is 34.1 Å². The highest BCUT2D eigenvalue weighted by atomic mass is 16.3. The van der Waals surface area contributed by atoms with Crippen molar-refractivity contribution in [3.63, 3.8) is 0 Å². The van der Waals surface area contributed by atoms with Crippen molar-refractivity contribution in [2.45, 2.75) is 104 Å². The zero-order valence-electron chi connectivity index (χ0n) is 19.1. The van der Waals surface area contributed by atoms with Gasteiger partial charge in [0.15, 0.2) is 0 Å². The Labute approximate surface area is 178 Å². The van der Waals surface area contributed by atoms with Gasteiger partial charge in [0.2, 0.25) is 0 Å². The van der Waals surface area contributed by atoms with Crippen LogP contribution >= 0.6 is 0 Å². The highest BCUT2D eigenvalue weighted by Crippen LogP contribution is 2.69. The molecule has 4 fully saturated rings. The van der Waals surface area contributed by atoms with Gasteiger partial charge >= 0.3 is 0 Å². The van der Waals surface area contributed by atoms with E-state index >= 15 is 0 Å². The quantitative estimate of drug-likeness (QED) is 0.649. The van der Waals surface area contributed by atoms with E-state index in [-0.39, 0.29) is 17.6 Å². The lowest BCUT2D eigenvalue weighted by Crippen LogP contribution is -2.62. The van der Waals surface area contributed by atoms with Gasteiger partial charge in [0.25, 0.3) is 0 Å². The van der Waals surface area contributed by atoms with Gasteiger partial charge in [-0.15, -0.1) is 0 Å². The molecule has 0 bridgehead atoms. The third-order valence-corrected chi connectivity index (χ3v) is 10.9. The van der Waals surface area contributed by atoms with Crippen LogP contribution in [0.2, 0.25) is 0 Å². The van der Waals surface area contributed by atoms with E-state index in [1.807, 2.05) is 0 Å². The Bertz CT molecular complexity index is 643. The van der Waals surface area contributed by atoms with Crippen LogP contribution in [0.4, 0.5) is 0 Å². The van der Waals surface area contributed by atoms with Crippen LogP contribution in [0.1, 0.15) is 91.9 Å². The number of fused-ring (bicyclic) bond motifs is 5. The summed E-state index contributed by atoms with van der Waals surface area (Å²) in [5.74, 6) is 3.80. The zero-order chi connectivity index (χ0) is 21.0. The van der Waals surface area contributed by atoms with Crippen molar-refractivity contribution in [2.24, 2.45) is 52.3 Å². The standard InChI is InChI=1S/C26H43NO2/c1-5-18-22-15-17(28)10-12-26(22,4)21-11-13-25(3)19(16(2)7-6-14-27)8-9-20(25)23(21)24(18)29/h16-24,28-29H,5-13,15H2,1-4H3/t16-,17-,18-,19?,20+,21+,22?,23?,24-,25?,26?/m1/s1. The fourth-order valence-corrected chi connectivity index (χ4v) is 9.43. The van der Waals surface area contributed by atoms with Gasteiger partial charge in [-0.3, -0.25) is 0 Å². The Morgan fingerprint density at radius 1 is 1.00 bits per heavy atom. The third kappa shape index (κ3) is 3.20. The molecule has 4 rings (SSSR count). The van der Waals surface area contributed by atoms with E-state index in [9.17, 15) is 10.2 Å². The van der Waals surface area contributed by atoms with Gasteiger partial charge in [-0.25, -0.2) is 0 Å². The van der Waals surface area contributed by atoms with E-state index in [0.717, 1.165) is 32.1 Å². The first-order valence-corrected chi connectivity index (χ1v) is 12.5. The normalized spacial score (nSPS) is 52.7. The molecule has 0 aromatic carbocycles. The average Bonchev–Trinajstić information content (AvgIpc) is 3.05. The number of hydrogen-bond donors (Lipinski definition) is 2. The third-order valence-electron chi connectivity index (χ3n) is 10.9. The Hall–Kier alpha value is -0.590. The van der Waals surface area contributed by atoms with Crippen LogP contribution in [-0.2, 0) is 0 Å². The molecule has 3 heteroatoms. The topological polar surface area (TPSA) is 64.2 Å². The number of nitriles is 1. The SMILES string of the molecule is CC[C@@H]1C2C[C@H](O)CCC2(C)[C@H]2CCC3(C)C([C@H](C)CCC#N)CC[C@H]3C2[C@@H]1O. The molecule has 0 spiro atoms. The summed E-state index contributed by atoms with van der Waals surface area (Å²) in [5.41, 5.74) is 0.613. The van der Waals surface area contributed by atoms with Gasteiger partial charge in [-0.05, 0) is 104 Å². The first-order chi connectivity index (χ1) is 13.8. The Morgan fingerprint density at radius 2 is 1.69 bits per heavy atom. The molecule has 29 heavy (non-hydrogen) atoms. The molecule has 0 radical (unpaired) electrons. The maximum atomic E-state index is 11.7. The predicted octanol–water partition coefficient (Wildman–Crippen LogP) is 5.55. The summed E-state index contributed by atoms with van der Waals surface area (Å²) in [6.45, 7) is 9.66. The molecule has 0 aliphatic heterocycles. The van der Waals surface area contributed by atoms with Crippen LogP contribution in [0.3, 0.4) is 0 Å². The van der Waals surface area contributed by atoms with E-state index in [2.05, 4.69) is 33.8 Å². The van der Waals surface area contributed by atoms with Crippen LogP contribution in [0, 0.1) is 63.6 Å². The summed E-state index contributed by atoms with van der Waals surface area (Å²) in [5, 5.41) is 31.2. The van der Waals surface area contributed by atoms with Gasteiger partial charge in [-0.2, -0.15) is 5.26 Å². The molecule has 4 saturated carbocycles. The van der Waals surface area contributed by atoms with Crippen LogP contribution in [0.5, 0.6) is 0 Å². The molecular weight excluding hydrogens is 358 g/mol. The number of hydrogen-bond acceptors (Lipinski definition) is 3. The molecule has 0 heterocycles. The second-order valence-corrected chi connectivity index (χ2v) is 11.8. The maximum absolute atomic E-state index is 11.7. The molecule has 11 atom stereocenters. The van der Waals surface area contributed by atoms with Crippen molar-refractivity contribution < 1.29 is 10.2 Å². The molecule has 164 valence electrons. The molecular formula is C26H43NO2. The summed E-state index contributed by atoms with van der Waals surface area (Å²) in [7, 11) is 0. The maximum Gasteiger partial charge on any atom is 0.0621 e. The fourth-order valence-electron chi connectivity index (χ4n) is 9.43. The van der Waals surface area contributed by atoms with Gasteiger partial charge in [0, 0.05) is 6.42 Å². The lowest BCUT2D eigenvalue weighted by atomic mass is 9.41. The molecule has 0 saturated heterocycles. The summed E-state index contributed by atoms with van der Waals surface area (Å²) in [6, 6.07) is 2.35. The number of aliphatic hydroxyl groups is 2. The fraction of sp³-hybridized carbons (Fsp3) is 0.962. The van der Waals surface area contributed by atoms with Gasteiger partial charge < -0.3 is 10.2 Å². The largest absolute Gasteiger partial charge is 0.393 e. The summed E-state index contributed by atoms with van der Waals surface area (Å²) < 4.78 is 0. The smallest absolute Gasteiger partial charge is 0.0621 e.